The van der Waals surface area contributed by atoms with Crippen LogP contribution in [-0.2, 0) is 14.6 Å². The van der Waals surface area contributed by atoms with E-state index in [4.69, 9.17) is 4.74 Å². The third-order valence-corrected chi connectivity index (χ3v) is 4.53. The fourth-order valence-electron chi connectivity index (χ4n) is 2.05. The van der Waals surface area contributed by atoms with Crippen molar-refractivity contribution in [3.05, 3.63) is 64.7 Å². The summed E-state index contributed by atoms with van der Waals surface area (Å²) < 4.78 is 54.5. The molecule has 0 radical (unpaired) electrons. The van der Waals surface area contributed by atoms with Crippen LogP contribution < -0.4 is 0 Å². The average molecular weight is 368 g/mol. The smallest absolute Gasteiger partial charge is 0.338 e. The molecule has 0 aliphatic heterocycles. The maximum Gasteiger partial charge on any atom is 0.338 e. The van der Waals surface area contributed by atoms with E-state index in [0.717, 1.165) is 24.5 Å². The minimum Gasteiger partial charge on any atom is -0.454 e. The molecule has 5 nitrogen and oxygen atoms in total. The Hall–Kier alpha value is -2.61. The maximum atomic E-state index is 13.5. The normalized spacial score (nSPS) is 11.2. The molecule has 0 N–H and O–H groups in total. The van der Waals surface area contributed by atoms with Crippen molar-refractivity contribution in [2.24, 2.45) is 0 Å². The van der Waals surface area contributed by atoms with Crippen molar-refractivity contribution in [3.8, 4) is 0 Å². The first-order chi connectivity index (χ1) is 11.6. The molecule has 0 bridgehead atoms. The SMILES string of the molecule is Cc1ccc(S(C)(=O)=O)cc1C(=O)OCC(=O)c1cc(F)ccc1F. The number of hydrogen-bond acceptors (Lipinski definition) is 5. The van der Waals surface area contributed by atoms with E-state index in [1.165, 1.54) is 12.1 Å². The summed E-state index contributed by atoms with van der Waals surface area (Å²) in [5, 5.41) is 0. The number of hydrogen-bond donors (Lipinski definition) is 0. The summed E-state index contributed by atoms with van der Waals surface area (Å²) >= 11 is 0. The molecule has 0 aliphatic rings. The Morgan fingerprint density at radius 3 is 2.36 bits per heavy atom. The van der Waals surface area contributed by atoms with Gasteiger partial charge in [-0.1, -0.05) is 6.07 Å². The molecule has 2 aromatic carbocycles. The molecule has 0 saturated carbocycles. The fraction of sp³-hybridized carbons (Fsp3) is 0.176. The number of aryl methyl sites for hydroxylation is 1. The molecule has 25 heavy (non-hydrogen) atoms. The van der Waals surface area contributed by atoms with Crippen LogP contribution in [0.3, 0.4) is 0 Å². The van der Waals surface area contributed by atoms with Gasteiger partial charge in [0.2, 0.25) is 5.78 Å². The molecule has 0 saturated heterocycles. The Bertz CT molecular complexity index is 952. The molecule has 132 valence electrons. The molecule has 0 aromatic heterocycles. The zero-order valence-electron chi connectivity index (χ0n) is 13.4. The van der Waals surface area contributed by atoms with Crippen molar-refractivity contribution in [2.75, 3.05) is 12.9 Å². The lowest BCUT2D eigenvalue weighted by Crippen LogP contribution is -2.16. The summed E-state index contributed by atoms with van der Waals surface area (Å²) in [6.07, 6.45) is 0.989. The Morgan fingerprint density at radius 2 is 1.72 bits per heavy atom. The van der Waals surface area contributed by atoms with Crippen LogP contribution in [0.5, 0.6) is 0 Å². The average Bonchev–Trinajstić information content (AvgIpc) is 2.53. The van der Waals surface area contributed by atoms with Gasteiger partial charge < -0.3 is 4.74 Å². The largest absolute Gasteiger partial charge is 0.454 e. The number of carbonyl (C=O) groups excluding carboxylic acids is 2. The molecule has 0 aliphatic carbocycles. The van der Waals surface area contributed by atoms with E-state index in [9.17, 15) is 26.8 Å². The number of halogens is 2. The molecule has 0 unspecified atom stereocenters. The lowest BCUT2D eigenvalue weighted by atomic mass is 10.1. The number of rotatable bonds is 5. The van der Waals surface area contributed by atoms with Crippen molar-refractivity contribution in [1.29, 1.82) is 0 Å². The van der Waals surface area contributed by atoms with Crippen molar-refractivity contribution in [3.63, 3.8) is 0 Å². The van der Waals surface area contributed by atoms with E-state index in [1.54, 1.807) is 6.92 Å². The minimum atomic E-state index is -3.53. The first-order valence-electron chi connectivity index (χ1n) is 7.05. The highest BCUT2D eigenvalue weighted by Gasteiger charge is 2.19. The second kappa shape index (κ2) is 7.10. The highest BCUT2D eigenvalue weighted by Crippen LogP contribution is 2.17. The number of ether oxygens (including phenoxy) is 1. The van der Waals surface area contributed by atoms with Gasteiger partial charge in [-0.3, -0.25) is 4.79 Å². The summed E-state index contributed by atoms with van der Waals surface area (Å²) in [6, 6.07) is 6.28. The van der Waals surface area contributed by atoms with Gasteiger partial charge in [-0.15, -0.1) is 0 Å². The van der Waals surface area contributed by atoms with Crippen LogP contribution in [0.2, 0.25) is 0 Å². The van der Waals surface area contributed by atoms with Crippen LogP contribution in [-0.4, -0.2) is 33.0 Å². The summed E-state index contributed by atoms with van der Waals surface area (Å²) in [7, 11) is -3.53. The molecule has 0 spiro atoms. The highest BCUT2D eigenvalue weighted by atomic mass is 32.2. The van der Waals surface area contributed by atoms with Crippen molar-refractivity contribution in [2.45, 2.75) is 11.8 Å². The second-order valence-corrected chi connectivity index (χ2v) is 7.39. The van der Waals surface area contributed by atoms with Crippen LogP contribution in [0.15, 0.2) is 41.3 Å². The zero-order valence-corrected chi connectivity index (χ0v) is 14.2. The molecule has 0 amide bonds. The fourth-order valence-corrected chi connectivity index (χ4v) is 2.70. The Labute approximate surface area is 143 Å². The molecule has 2 rings (SSSR count). The van der Waals surface area contributed by atoms with E-state index >= 15 is 0 Å². The van der Waals surface area contributed by atoms with Crippen LogP contribution in [0.1, 0.15) is 26.3 Å². The van der Waals surface area contributed by atoms with Gasteiger partial charge in [0.25, 0.3) is 0 Å². The van der Waals surface area contributed by atoms with Crippen molar-refractivity contribution < 1.29 is 31.5 Å². The third-order valence-electron chi connectivity index (χ3n) is 3.42. The summed E-state index contributed by atoms with van der Waals surface area (Å²) in [5.41, 5.74) is -0.119. The standard InChI is InChI=1S/C17H14F2O5S/c1-10-3-5-12(25(2,22)23)8-13(10)17(21)24-9-16(20)14-7-11(18)4-6-15(14)19/h3-8H,9H2,1-2H3. The molecule has 0 heterocycles. The minimum absolute atomic E-state index is 0.0320. The molecular formula is C17H14F2O5S. The van der Waals surface area contributed by atoms with E-state index < -0.39 is 45.4 Å². The van der Waals surface area contributed by atoms with Gasteiger partial charge in [0, 0.05) is 6.26 Å². The number of carbonyl (C=O) groups is 2. The van der Waals surface area contributed by atoms with Gasteiger partial charge in [-0.2, -0.15) is 0 Å². The van der Waals surface area contributed by atoms with Crippen LogP contribution >= 0.6 is 0 Å². The zero-order chi connectivity index (χ0) is 18.8. The Balaban J connectivity index is 2.18. The molecular weight excluding hydrogens is 354 g/mol. The lowest BCUT2D eigenvalue weighted by molar-refractivity contribution is 0.0472. The number of esters is 1. The van der Waals surface area contributed by atoms with E-state index in [0.29, 0.717) is 11.6 Å². The predicted octanol–water partition coefficient (Wildman–Crippen LogP) is 2.72. The number of Topliss-reactive ketones (excluding diaryl/α,β-unsaturated/α-hetero) is 1. The van der Waals surface area contributed by atoms with Crippen LogP contribution in [0.25, 0.3) is 0 Å². The second-order valence-electron chi connectivity index (χ2n) is 5.37. The number of benzene rings is 2. The van der Waals surface area contributed by atoms with Crippen molar-refractivity contribution in [1.82, 2.24) is 0 Å². The molecule has 2 aromatic rings. The van der Waals surface area contributed by atoms with Gasteiger partial charge in [0.15, 0.2) is 16.4 Å². The number of ketones is 1. The van der Waals surface area contributed by atoms with Gasteiger partial charge in [0.05, 0.1) is 16.0 Å². The Kier molecular flexibility index (Phi) is 5.32. The predicted molar refractivity (Wildman–Crippen MR) is 85.3 cm³/mol. The van der Waals surface area contributed by atoms with Gasteiger partial charge in [0.1, 0.15) is 11.6 Å². The Morgan fingerprint density at radius 1 is 1.04 bits per heavy atom. The first-order valence-corrected chi connectivity index (χ1v) is 8.95. The van der Waals surface area contributed by atoms with Gasteiger partial charge in [-0.05, 0) is 42.8 Å². The third kappa shape index (κ3) is 4.48. The topological polar surface area (TPSA) is 77.5 Å². The quantitative estimate of drug-likeness (QED) is 0.599. The lowest BCUT2D eigenvalue weighted by Gasteiger charge is -2.09. The summed E-state index contributed by atoms with van der Waals surface area (Å²) in [4.78, 5) is 23.9. The molecule has 0 atom stereocenters. The number of sulfone groups is 1. The van der Waals surface area contributed by atoms with Crippen molar-refractivity contribution >= 4 is 21.6 Å². The van der Waals surface area contributed by atoms with Gasteiger partial charge in [-0.25, -0.2) is 22.0 Å². The molecule has 0 fully saturated rings. The van der Waals surface area contributed by atoms with Crippen LogP contribution in [0.4, 0.5) is 8.78 Å². The van der Waals surface area contributed by atoms with E-state index in [-0.39, 0.29) is 10.5 Å². The van der Waals surface area contributed by atoms with Gasteiger partial charge >= 0.3 is 5.97 Å². The van der Waals surface area contributed by atoms with E-state index in [2.05, 4.69) is 0 Å². The summed E-state index contributed by atoms with van der Waals surface area (Å²) in [5.74, 6) is -3.58. The maximum absolute atomic E-state index is 13.5. The first kappa shape index (κ1) is 18.7. The van der Waals surface area contributed by atoms with E-state index in [1.807, 2.05) is 0 Å². The monoisotopic (exact) mass is 368 g/mol. The highest BCUT2D eigenvalue weighted by molar-refractivity contribution is 7.90. The summed E-state index contributed by atoms with van der Waals surface area (Å²) in [6.45, 7) is 0.762. The van der Waals surface area contributed by atoms with Crippen LogP contribution in [0, 0.1) is 18.6 Å². The molecule has 8 heteroatoms.